The van der Waals surface area contributed by atoms with Gasteiger partial charge in [0.05, 0.1) is 11.6 Å². The number of fused-ring (bicyclic) bond motifs is 1. The highest BCUT2D eigenvalue weighted by atomic mass is 14.7. The highest BCUT2D eigenvalue weighted by Gasteiger charge is 2.05. The molecule has 0 aliphatic carbocycles. The van der Waals surface area contributed by atoms with Crippen molar-refractivity contribution >= 4 is 10.9 Å². The summed E-state index contributed by atoms with van der Waals surface area (Å²) >= 11 is 0. The average molecular weight is 232 g/mol. The summed E-state index contributed by atoms with van der Waals surface area (Å²) in [4.78, 5) is 3.37. The Hall–Kier alpha value is -2.53. The summed E-state index contributed by atoms with van der Waals surface area (Å²) in [6.07, 6.45) is 0.861. The van der Waals surface area contributed by atoms with E-state index in [4.69, 9.17) is 5.26 Å². The van der Waals surface area contributed by atoms with Gasteiger partial charge < -0.3 is 4.98 Å². The van der Waals surface area contributed by atoms with Crippen LogP contribution < -0.4 is 0 Å². The largest absolute Gasteiger partial charge is 0.358 e. The van der Waals surface area contributed by atoms with Crippen molar-refractivity contribution in [2.45, 2.75) is 6.42 Å². The molecule has 18 heavy (non-hydrogen) atoms. The zero-order chi connectivity index (χ0) is 12.4. The third-order valence-electron chi connectivity index (χ3n) is 3.08. The topological polar surface area (TPSA) is 39.6 Å². The summed E-state index contributed by atoms with van der Waals surface area (Å²) in [5.41, 5.74) is 4.16. The summed E-state index contributed by atoms with van der Waals surface area (Å²) < 4.78 is 0. The maximum absolute atomic E-state index is 9.07. The van der Waals surface area contributed by atoms with E-state index in [-0.39, 0.29) is 0 Å². The van der Waals surface area contributed by atoms with Gasteiger partial charge in [-0.05, 0) is 23.8 Å². The van der Waals surface area contributed by atoms with Crippen molar-refractivity contribution in [1.29, 1.82) is 5.26 Å². The van der Waals surface area contributed by atoms with Crippen LogP contribution in [0.15, 0.2) is 54.6 Å². The minimum Gasteiger partial charge on any atom is -0.358 e. The van der Waals surface area contributed by atoms with Crippen LogP contribution in [-0.4, -0.2) is 4.98 Å². The quantitative estimate of drug-likeness (QED) is 0.720. The molecule has 3 rings (SSSR count). The number of hydrogen-bond donors (Lipinski definition) is 1. The number of aromatic amines is 1. The molecule has 0 radical (unpaired) electrons. The summed E-state index contributed by atoms with van der Waals surface area (Å²) in [6, 6.07) is 20.4. The van der Waals surface area contributed by atoms with Gasteiger partial charge in [0, 0.05) is 23.0 Å². The van der Waals surface area contributed by atoms with E-state index >= 15 is 0 Å². The van der Waals surface area contributed by atoms with Crippen molar-refractivity contribution in [2.75, 3.05) is 0 Å². The van der Waals surface area contributed by atoms with E-state index in [0.717, 1.165) is 28.6 Å². The highest BCUT2D eigenvalue weighted by Crippen LogP contribution is 2.20. The van der Waals surface area contributed by atoms with Crippen molar-refractivity contribution in [3.63, 3.8) is 0 Å². The Kier molecular flexibility index (Phi) is 2.59. The van der Waals surface area contributed by atoms with E-state index < -0.39 is 0 Å². The first-order valence-corrected chi connectivity index (χ1v) is 5.91. The van der Waals surface area contributed by atoms with Crippen LogP contribution in [0.5, 0.6) is 0 Å². The van der Waals surface area contributed by atoms with Gasteiger partial charge in [-0.2, -0.15) is 5.26 Å². The van der Waals surface area contributed by atoms with Crippen molar-refractivity contribution in [2.24, 2.45) is 0 Å². The zero-order valence-corrected chi connectivity index (χ0v) is 9.85. The molecule has 0 fully saturated rings. The predicted molar refractivity (Wildman–Crippen MR) is 72.3 cm³/mol. The molecule has 2 aromatic carbocycles. The molecule has 1 N–H and O–H groups in total. The van der Waals surface area contributed by atoms with Gasteiger partial charge in [0.25, 0.3) is 0 Å². The van der Waals surface area contributed by atoms with Crippen LogP contribution in [0.1, 0.15) is 16.8 Å². The fraction of sp³-hybridized carbons (Fsp3) is 0.0625. The third-order valence-corrected chi connectivity index (χ3v) is 3.08. The number of rotatable bonds is 2. The van der Waals surface area contributed by atoms with E-state index in [2.05, 4.69) is 29.3 Å². The summed E-state index contributed by atoms with van der Waals surface area (Å²) in [5, 5.41) is 10.1. The monoisotopic (exact) mass is 232 g/mol. The molecular formula is C16H12N2. The Morgan fingerprint density at radius 2 is 1.83 bits per heavy atom. The second kappa shape index (κ2) is 4.38. The fourth-order valence-electron chi connectivity index (χ4n) is 2.22. The molecule has 1 aromatic heterocycles. The number of hydrogen-bond acceptors (Lipinski definition) is 1. The van der Waals surface area contributed by atoms with Gasteiger partial charge in [0.1, 0.15) is 0 Å². The molecule has 0 saturated heterocycles. The Morgan fingerprint density at radius 1 is 1.00 bits per heavy atom. The second-order valence-electron chi connectivity index (χ2n) is 4.34. The molecule has 0 saturated carbocycles. The third kappa shape index (κ3) is 1.87. The fourth-order valence-corrected chi connectivity index (χ4v) is 2.22. The number of H-pyrrole nitrogens is 1. The molecule has 0 aliphatic rings. The van der Waals surface area contributed by atoms with Crippen LogP contribution in [-0.2, 0) is 6.42 Å². The summed E-state index contributed by atoms with van der Waals surface area (Å²) in [6.45, 7) is 0. The van der Waals surface area contributed by atoms with Gasteiger partial charge in [-0.25, -0.2) is 0 Å². The lowest BCUT2D eigenvalue weighted by Crippen LogP contribution is -1.86. The van der Waals surface area contributed by atoms with Crippen LogP contribution in [0.2, 0.25) is 0 Å². The maximum Gasteiger partial charge on any atom is 0.0998 e. The Bertz CT molecular complexity index is 718. The number of aromatic nitrogens is 1. The van der Waals surface area contributed by atoms with Crippen LogP contribution in [0, 0.1) is 11.3 Å². The number of nitrogens with zero attached hydrogens (tertiary/aromatic N) is 1. The molecule has 0 amide bonds. The molecular weight excluding hydrogens is 220 g/mol. The van der Waals surface area contributed by atoms with Gasteiger partial charge in [-0.15, -0.1) is 0 Å². The van der Waals surface area contributed by atoms with Crippen molar-refractivity contribution in [3.05, 3.63) is 71.4 Å². The predicted octanol–water partition coefficient (Wildman–Crippen LogP) is 3.63. The Morgan fingerprint density at radius 3 is 2.61 bits per heavy atom. The Labute approximate surface area is 106 Å². The first kappa shape index (κ1) is 10.6. The summed E-state index contributed by atoms with van der Waals surface area (Å²) in [7, 11) is 0. The molecule has 2 nitrogen and oxygen atoms in total. The number of benzene rings is 2. The SMILES string of the molecule is N#Cc1cccc2[nH]c(Cc3ccccc3)cc12. The minimum atomic E-state index is 0.725. The molecule has 86 valence electrons. The van der Waals surface area contributed by atoms with Crippen LogP contribution >= 0.6 is 0 Å². The van der Waals surface area contributed by atoms with Gasteiger partial charge in [0.2, 0.25) is 0 Å². The Balaban J connectivity index is 2.02. The van der Waals surface area contributed by atoms with Gasteiger partial charge in [-0.3, -0.25) is 0 Å². The van der Waals surface area contributed by atoms with Gasteiger partial charge in [0.15, 0.2) is 0 Å². The molecule has 1 heterocycles. The minimum absolute atomic E-state index is 0.725. The smallest absolute Gasteiger partial charge is 0.0998 e. The molecule has 2 heteroatoms. The first-order valence-electron chi connectivity index (χ1n) is 5.91. The van der Waals surface area contributed by atoms with E-state index in [1.54, 1.807) is 0 Å². The number of nitriles is 1. The summed E-state index contributed by atoms with van der Waals surface area (Å²) in [5.74, 6) is 0. The average Bonchev–Trinajstić information content (AvgIpc) is 2.82. The van der Waals surface area contributed by atoms with Gasteiger partial charge in [-0.1, -0.05) is 36.4 Å². The molecule has 0 atom stereocenters. The molecule has 0 spiro atoms. The highest BCUT2D eigenvalue weighted by molar-refractivity contribution is 5.86. The van der Waals surface area contributed by atoms with Crippen LogP contribution in [0.25, 0.3) is 10.9 Å². The van der Waals surface area contributed by atoms with E-state index in [1.807, 2.05) is 36.4 Å². The lowest BCUT2D eigenvalue weighted by atomic mass is 10.1. The van der Waals surface area contributed by atoms with E-state index in [9.17, 15) is 0 Å². The normalized spacial score (nSPS) is 10.4. The van der Waals surface area contributed by atoms with E-state index in [0.29, 0.717) is 0 Å². The molecule has 3 aromatic rings. The second-order valence-corrected chi connectivity index (χ2v) is 4.34. The lowest BCUT2D eigenvalue weighted by molar-refractivity contribution is 1.12. The number of nitrogens with one attached hydrogen (secondary N) is 1. The van der Waals surface area contributed by atoms with Crippen molar-refractivity contribution in [1.82, 2.24) is 4.98 Å². The van der Waals surface area contributed by atoms with E-state index in [1.165, 1.54) is 5.56 Å². The van der Waals surface area contributed by atoms with Crippen molar-refractivity contribution in [3.8, 4) is 6.07 Å². The molecule has 0 bridgehead atoms. The van der Waals surface area contributed by atoms with Crippen LogP contribution in [0.3, 0.4) is 0 Å². The zero-order valence-electron chi connectivity index (χ0n) is 9.85. The standard InChI is InChI=1S/C16H12N2/c17-11-13-7-4-8-16-15(13)10-14(18-16)9-12-5-2-1-3-6-12/h1-8,10,18H,9H2. The van der Waals surface area contributed by atoms with Crippen molar-refractivity contribution < 1.29 is 0 Å². The molecule has 0 aliphatic heterocycles. The van der Waals surface area contributed by atoms with Crippen LogP contribution in [0.4, 0.5) is 0 Å². The molecule has 0 unspecified atom stereocenters. The lowest BCUT2D eigenvalue weighted by Gasteiger charge is -1.97. The maximum atomic E-state index is 9.07. The van der Waals surface area contributed by atoms with Gasteiger partial charge >= 0.3 is 0 Å². The first-order chi connectivity index (χ1) is 8.86.